The molecule has 2 amide bonds. The molecule has 2 aliphatic rings. The van der Waals surface area contributed by atoms with Crippen LogP contribution in [-0.2, 0) is 20.6 Å². The second kappa shape index (κ2) is 13.0. The van der Waals surface area contributed by atoms with Crippen LogP contribution in [0.1, 0.15) is 61.5 Å². The average molecular weight is 606 g/mol. The number of nitrogens with zero attached hydrogens (tertiary/aromatic N) is 2. The van der Waals surface area contributed by atoms with Gasteiger partial charge in [-0.15, -0.1) is 0 Å². The Morgan fingerprint density at radius 2 is 1.55 bits per heavy atom. The number of halogens is 2. The topological polar surface area (TPSA) is 71.1 Å². The third-order valence-electron chi connectivity index (χ3n) is 8.55. The van der Waals surface area contributed by atoms with Crippen molar-refractivity contribution in [3.05, 3.63) is 107 Å². The minimum absolute atomic E-state index is 0.125. The Kier molecular flexibility index (Phi) is 9.37. The summed E-state index contributed by atoms with van der Waals surface area (Å²) in [5.41, 5.74) is -0.122. The van der Waals surface area contributed by atoms with Crippen molar-refractivity contribution >= 4 is 12.0 Å². The third kappa shape index (κ3) is 7.27. The number of ether oxygens (including phenoxy) is 2. The average Bonchev–Trinajstić information content (AvgIpc) is 3.01. The molecule has 0 spiro atoms. The monoisotopic (exact) mass is 605 g/mol. The van der Waals surface area contributed by atoms with E-state index in [4.69, 9.17) is 9.47 Å². The summed E-state index contributed by atoms with van der Waals surface area (Å²) >= 11 is 0. The molecule has 44 heavy (non-hydrogen) atoms. The van der Waals surface area contributed by atoms with E-state index in [0.29, 0.717) is 56.6 Å². The Morgan fingerprint density at radius 1 is 0.886 bits per heavy atom. The number of hydrogen-bond acceptors (Lipinski definition) is 5. The molecule has 3 aromatic carbocycles. The molecule has 0 bridgehead atoms. The third-order valence-corrected chi connectivity index (χ3v) is 8.55. The number of benzene rings is 3. The van der Waals surface area contributed by atoms with Gasteiger partial charge < -0.3 is 24.6 Å². The summed E-state index contributed by atoms with van der Waals surface area (Å²) in [5.74, 6) is -2.00. The van der Waals surface area contributed by atoms with E-state index in [-0.39, 0.29) is 19.1 Å². The summed E-state index contributed by atoms with van der Waals surface area (Å²) in [6.45, 7) is 8.39. The molecule has 3 aromatic rings. The fourth-order valence-corrected chi connectivity index (χ4v) is 6.21. The molecule has 234 valence electrons. The highest BCUT2D eigenvalue weighted by Gasteiger charge is 2.43. The van der Waals surface area contributed by atoms with Crippen LogP contribution >= 0.6 is 0 Å². The molecule has 1 atom stereocenters. The molecule has 1 N–H and O–H groups in total. The van der Waals surface area contributed by atoms with Gasteiger partial charge in [0.1, 0.15) is 11.2 Å². The smallest absolute Gasteiger partial charge is 0.408 e. The lowest BCUT2D eigenvalue weighted by molar-refractivity contribution is -0.114. The van der Waals surface area contributed by atoms with Crippen LogP contribution in [0.3, 0.4) is 0 Å². The Hall–Kier alpha value is -3.82. The normalized spacial score (nSPS) is 20.6. The summed E-state index contributed by atoms with van der Waals surface area (Å²) < 4.78 is 40.5. The quantitative estimate of drug-likeness (QED) is 0.345. The number of carbonyl (C=O) groups is 2. The lowest BCUT2D eigenvalue weighted by Crippen LogP contribution is -2.55. The van der Waals surface area contributed by atoms with E-state index in [2.05, 4.69) is 10.2 Å². The molecular weight excluding hydrogens is 564 g/mol. The second-order valence-corrected chi connectivity index (χ2v) is 12.7. The number of rotatable bonds is 7. The number of hydrogen-bond donors (Lipinski definition) is 1. The maximum atomic E-state index is 14.5. The van der Waals surface area contributed by atoms with Gasteiger partial charge in [0.05, 0.1) is 18.7 Å². The first-order chi connectivity index (χ1) is 21.0. The van der Waals surface area contributed by atoms with E-state index in [0.717, 1.165) is 11.6 Å². The van der Waals surface area contributed by atoms with Crippen molar-refractivity contribution in [1.82, 2.24) is 15.1 Å². The van der Waals surface area contributed by atoms with E-state index in [1.165, 1.54) is 6.07 Å². The Labute approximate surface area is 258 Å². The summed E-state index contributed by atoms with van der Waals surface area (Å²) in [5, 5.41) is 3.18. The van der Waals surface area contributed by atoms with Crippen molar-refractivity contribution in [3.8, 4) is 0 Å². The fraction of sp³-hybridized carbons (Fsp3) is 0.429. The lowest BCUT2D eigenvalue weighted by atomic mass is 9.80. The number of carbonyl (C=O) groups excluding carboxylic acids is 2. The van der Waals surface area contributed by atoms with Crippen LogP contribution in [0, 0.1) is 11.6 Å². The number of morpholine rings is 1. The Morgan fingerprint density at radius 3 is 2.18 bits per heavy atom. The zero-order valence-electron chi connectivity index (χ0n) is 25.7. The van der Waals surface area contributed by atoms with Crippen molar-refractivity contribution in [2.45, 2.75) is 56.8 Å². The van der Waals surface area contributed by atoms with Gasteiger partial charge in [-0.1, -0.05) is 54.6 Å². The number of likely N-dealkylation sites (tertiary alicyclic amines) is 1. The highest BCUT2D eigenvalue weighted by atomic mass is 19.2. The molecule has 5 rings (SSSR count). The zero-order valence-corrected chi connectivity index (χ0v) is 25.7. The zero-order chi connectivity index (χ0) is 31.4. The first-order valence-corrected chi connectivity index (χ1v) is 15.2. The molecule has 1 unspecified atom stereocenters. The molecule has 0 saturated carbocycles. The lowest BCUT2D eigenvalue weighted by Gasteiger charge is -2.46. The summed E-state index contributed by atoms with van der Waals surface area (Å²) in [6.07, 6.45) is 1.34. The fourth-order valence-electron chi connectivity index (χ4n) is 6.21. The van der Waals surface area contributed by atoms with Crippen LogP contribution in [0.2, 0.25) is 0 Å². The minimum Gasteiger partial charge on any atom is -0.444 e. The van der Waals surface area contributed by atoms with Crippen molar-refractivity contribution in [1.29, 1.82) is 0 Å². The largest absolute Gasteiger partial charge is 0.444 e. The van der Waals surface area contributed by atoms with Crippen molar-refractivity contribution in [3.63, 3.8) is 0 Å². The summed E-state index contributed by atoms with van der Waals surface area (Å²) in [4.78, 5) is 30.3. The highest BCUT2D eigenvalue weighted by molar-refractivity contribution is 5.94. The number of nitrogens with one attached hydrogen (secondary N) is 1. The molecule has 0 aromatic heterocycles. The summed E-state index contributed by atoms with van der Waals surface area (Å²) in [6, 6.07) is 22.8. The molecule has 2 aliphatic heterocycles. The van der Waals surface area contributed by atoms with Crippen molar-refractivity contribution in [2.24, 2.45) is 0 Å². The molecule has 2 heterocycles. The minimum atomic E-state index is -1.01. The second-order valence-electron chi connectivity index (χ2n) is 12.7. The number of piperidine rings is 1. The van der Waals surface area contributed by atoms with Gasteiger partial charge in [0.15, 0.2) is 11.6 Å². The van der Waals surface area contributed by atoms with Crippen LogP contribution in [0.15, 0.2) is 78.9 Å². The van der Waals surface area contributed by atoms with Gasteiger partial charge in [0.2, 0.25) is 0 Å². The van der Waals surface area contributed by atoms with Crippen LogP contribution in [0.25, 0.3) is 0 Å². The van der Waals surface area contributed by atoms with Gasteiger partial charge in [-0.3, -0.25) is 4.79 Å². The first-order valence-electron chi connectivity index (χ1n) is 15.2. The molecule has 2 saturated heterocycles. The van der Waals surface area contributed by atoms with Gasteiger partial charge >= 0.3 is 6.09 Å². The maximum Gasteiger partial charge on any atom is 0.408 e. The van der Waals surface area contributed by atoms with E-state index in [9.17, 15) is 18.4 Å². The van der Waals surface area contributed by atoms with Gasteiger partial charge in [0.25, 0.3) is 5.91 Å². The Balaban J connectivity index is 1.33. The first kappa shape index (κ1) is 31.6. The van der Waals surface area contributed by atoms with Gasteiger partial charge in [-0.2, -0.15) is 0 Å². The van der Waals surface area contributed by atoms with Crippen LogP contribution < -0.4 is 5.32 Å². The van der Waals surface area contributed by atoms with Crippen LogP contribution in [-0.4, -0.2) is 66.7 Å². The molecule has 0 aliphatic carbocycles. The molecule has 9 heteroatoms. The molecule has 7 nitrogen and oxygen atoms in total. The van der Waals surface area contributed by atoms with Gasteiger partial charge in [-0.25, -0.2) is 13.6 Å². The predicted octanol–water partition coefficient (Wildman–Crippen LogP) is 6.24. The number of amides is 2. The Bertz CT molecular complexity index is 1440. The van der Waals surface area contributed by atoms with E-state index in [1.807, 2.05) is 69.3 Å². The van der Waals surface area contributed by atoms with Crippen LogP contribution in [0.4, 0.5) is 13.6 Å². The van der Waals surface area contributed by atoms with E-state index < -0.39 is 34.5 Å². The van der Waals surface area contributed by atoms with E-state index in [1.54, 1.807) is 23.1 Å². The van der Waals surface area contributed by atoms with Gasteiger partial charge in [0, 0.05) is 31.7 Å². The molecule has 0 radical (unpaired) electrons. The van der Waals surface area contributed by atoms with Crippen LogP contribution in [0.5, 0.6) is 0 Å². The molecular formula is C35H41F2N3O4. The summed E-state index contributed by atoms with van der Waals surface area (Å²) in [7, 11) is 0. The van der Waals surface area contributed by atoms with Crippen molar-refractivity contribution in [2.75, 3.05) is 39.3 Å². The SMILES string of the molecule is CC(C)(C)OC(=O)NC1(c2ccccc2)CCN(CCC2(c3ccc(F)c(F)c3)CN(C(=O)c3ccccc3)CCO2)CC1. The highest BCUT2D eigenvalue weighted by Crippen LogP contribution is 2.37. The maximum absolute atomic E-state index is 14.5. The van der Waals surface area contributed by atoms with Crippen molar-refractivity contribution < 1.29 is 27.8 Å². The van der Waals surface area contributed by atoms with E-state index >= 15 is 0 Å². The predicted molar refractivity (Wildman–Crippen MR) is 164 cm³/mol. The van der Waals surface area contributed by atoms with Gasteiger partial charge in [-0.05, 0) is 75.4 Å². The number of alkyl carbamates (subject to hydrolysis) is 1. The standard InChI is InChI=1S/C35H41F2N3O4/c1-33(2,3)44-32(42)38-34(27-12-8-5-9-13-27)16-19-39(20-17-34)21-18-35(28-14-15-29(36)30(37)24-28)25-40(22-23-43-35)31(41)26-10-6-4-7-11-26/h4-15,24H,16-23,25H2,1-3H3,(H,38,42). The molecule has 2 fully saturated rings.